The fraction of sp³-hybridized carbons (Fsp3) is 0.438. The van der Waals surface area contributed by atoms with Gasteiger partial charge in [-0.25, -0.2) is 0 Å². The molecule has 1 aromatic carbocycles. The number of hydrogen-bond donors (Lipinski definition) is 2. The second kappa shape index (κ2) is 6.48. The summed E-state index contributed by atoms with van der Waals surface area (Å²) in [6.45, 7) is 4.18. The fourth-order valence-corrected chi connectivity index (χ4v) is 3.58. The topological polar surface area (TPSA) is 37.0 Å². The number of piperidine rings is 1. The van der Waals surface area contributed by atoms with Gasteiger partial charge >= 0.3 is 0 Å². The molecule has 1 saturated heterocycles. The van der Waals surface area contributed by atoms with E-state index in [0.717, 1.165) is 26.2 Å². The van der Waals surface area contributed by atoms with Crippen LogP contribution >= 0.6 is 11.3 Å². The van der Waals surface area contributed by atoms with Gasteiger partial charge < -0.3 is 10.6 Å². The summed E-state index contributed by atoms with van der Waals surface area (Å²) in [5.74, 6) is 0. The van der Waals surface area contributed by atoms with Gasteiger partial charge in [0.1, 0.15) is 0 Å². The Hall–Kier alpha value is -1.23. The number of nitrogens with one attached hydrogen (secondary N) is 2. The Bertz CT molecular complexity index is 504. The van der Waals surface area contributed by atoms with E-state index < -0.39 is 0 Å². The quantitative estimate of drug-likeness (QED) is 0.887. The molecule has 3 rings (SSSR count). The molecule has 3 nitrogen and oxygen atoms in total. The van der Waals surface area contributed by atoms with Crippen LogP contribution in [-0.4, -0.2) is 24.6 Å². The Morgan fingerprint density at radius 1 is 1.20 bits per heavy atom. The highest BCUT2D eigenvalue weighted by molar-refractivity contribution is 7.09. The molecule has 2 N–H and O–H groups in total. The van der Waals surface area contributed by atoms with E-state index in [1.54, 1.807) is 11.3 Å². The second-order valence-electron chi connectivity index (χ2n) is 5.47. The molecule has 2 aromatic rings. The highest BCUT2D eigenvalue weighted by Gasteiger charge is 2.33. The van der Waals surface area contributed by atoms with Crippen LogP contribution in [0.5, 0.6) is 0 Å². The summed E-state index contributed by atoms with van der Waals surface area (Å²) in [5, 5.41) is 7.12. The van der Waals surface area contributed by atoms with E-state index in [1.807, 2.05) is 11.7 Å². The first kappa shape index (κ1) is 13.7. The van der Waals surface area contributed by atoms with Crippen LogP contribution in [0.1, 0.15) is 23.3 Å². The molecule has 1 fully saturated rings. The van der Waals surface area contributed by atoms with E-state index in [1.165, 1.54) is 23.3 Å². The number of aromatic nitrogens is 1. The number of thiazole rings is 1. The molecule has 106 valence electrons. The van der Waals surface area contributed by atoms with Crippen molar-refractivity contribution in [3.63, 3.8) is 0 Å². The van der Waals surface area contributed by atoms with Crippen LogP contribution in [0.15, 0.2) is 42.0 Å². The predicted molar refractivity (Wildman–Crippen MR) is 84.0 cm³/mol. The third kappa shape index (κ3) is 3.08. The molecular formula is C16H21N3S. The van der Waals surface area contributed by atoms with Crippen LogP contribution in [0.2, 0.25) is 0 Å². The highest BCUT2D eigenvalue weighted by atomic mass is 32.1. The van der Waals surface area contributed by atoms with Crippen molar-refractivity contribution in [3.05, 3.63) is 52.5 Å². The average molecular weight is 287 g/mol. The highest BCUT2D eigenvalue weighted by Crippen LogP contribution is 2.32. The normalized spacial score (nSPS) is 18.0. The number of benzene rings is 1. The van der Waals surface area contributed by atoms with E-state index in [-0.39, 0.29) is 5.41 Å². The molecule has 1 aliphatic rings. The minimum Gasteiger partial charge on any atom is -0.317 e. The molecule has 0 bridgehead atoms. The van der Waals surface area contributed by atoms with E-state index in [9.17, 15) is 0 Å². The third-order valence-corrected chi connectivity index (χ3v) is 4.97. The van der Waals surface area contributed by atoms with Crippen molar-refractivity contribution < 1.29 is 0 Å². The summed E-state index contributed by atoms with van der Waals surface area (Å²) in [6.07, 6.45) is 4.36. The molecule has 4 heteroatoms. The number of hydrogen-bond acceptors (Lipinski definition) is 4. The summed E-state index contributed by atoms with van der Waals surface area (Å²) in [7, 11) is 0. The van der Waals surface area contributed by atoms with Crippen molar-refractivity contribution in [1.82, 2.24) is 15.6 Å². The van der Waals surface area contributed by atoms with Crippen LogP contribution in [-0.2, 0) is 12.0 Å². The molecular weight excluding hydrogens is 266 g/mol. The van der Waals surface area contributed by atoms with Crippen LogP contribution in [0, 0.1) is 0 Å². The standard InChI is InChI=1S/C16H21N3S/c1-2-4-14(5-3-1)16(6-8-17-9-7-16)12-18-10-15-11-19-13-20-15/h1-5,11,13,17-18H,6-10,12H2. The van der Waals surface area contributed by atoms with Crippen molar-refractivity contribution in [1.29, 1.82) is 0 Å². The second-order valence-corrected chi connectivity index (χ2v) is 6.44. The lowest BCUT2D eigenvalue weighted by Gasteiger charge is -2.38. The van der Waals surface area contributed by atoms with Crippen molar-refractivity contribution in [3.8, 4) is 0 Å². The van der Waals surface area contributed by atoms with E-state index in [2.05, 4.69) is 45.9 Å². The van der Waals surface area contributed by atoms with Gasteiger partial charge in [0.05, 0.1) is 5.51 Å². The summed E-state index contributed by atoms with van der Waals surface area (Å²) >= 11 is 1.72. The molecule has 2 heterocycles. The van der Waals surface area contributed by atoms with E-state index in [4.69, 9.17) is 0 Å². The zero-order valence-electron chi connectivity index (χ0n) is 11.6. The zero-order chi connectivity index (χ0) is 13.7. The first-order valence-electron chi connectivity index (χ1n) is 7.23. The number of nitrogens with zero attached hydrogens (tertiary/aromatic N) is 1. The first-order valence-corrected chi connectivity index (χ1v) is 8.11. The van der Waals surface area contributed by atoms with Crippen LogP contribution in [0.25, 0.3) is 0 Å². The van der Waals surface area contributed by atoms with Crippen LogP contribution < -0.4 is 10.6 Å². The molecule has 1 aromatic heterocycles. The van der Waals surface area contributed by atoms with Gasteiger partial charge in [-0.3, -0.25) is 4.98 Å². The van der Waals surface area contributed by atoms with Crippen molar-refractivity contribution in [2.75, 3.05) is 19.6 Å². The van der Waals surface area contributed by atoms with Gasteiger partial charge in [0.15, 0.2) is 0 Å². The summed E-state index contributed by atoms with van der Waals surface area (Å²) in [6, 6.07) is 11.0. The van der Waals surface area contributed by atoms with Crippen molar-refractivity contribution in [2.24, 2.45) is 0 Å². The van der Waals surface area contributed by atoms with Gasteiger partial charge in [-0.15, -0.1) is 11.3 Å². The zero-order valence-corrected chi connectivity index (χ0v) is 12.5. The molecule has 0 radical (unpaired) electrons. The van der Waals surface area contributed by atoms with Gasteiger partial charge in [0.2, 0.25) is 0 Å². The largest absolute Gasteiger partial charge is 0.317 e. The first-order chi connectivity index (χ1) is 9.89. The molecule has 1 aliphatic heterocycles. The molecule has 0 atom stereocenters. The summed E-state index contributed by atoms with van der Waals surface area (Å²) < 4.78 is 0. The van der Waals surface area contributed by atoms with Gasteiger partial charge in [0, 0.05) is 29.6 Å². The van der Waals surface area contributed by atoms with Crippen LogP contribution in [0.3, 0.4) is 0 Å². The van der Waals surface area contributed by atoms with Crippen molar-refractivity contribution in [2.45, 2.75) is 24.8 Å². The van der Waals surface area contributed by atoms with Gasteiger partial charge in [0.25, 0.3) is 0 Å². The maximum absolute atomic E-state index is 4.13. The lowest BCUT2D eigenvalue weighted by Crippen LogP contribution is -2.46. The van der Waals surface area contributed by atoms with Gasteiger partial charge in [-0.05, 0) is 31.5 Å². The Balaban J connectivity index is 1.69. The fourth-order valence-electron chi connectivity index (χ4n) is 3.02. The predicted octanol–water partition coefficient (Wildman–Crippen LogP) is 2.55. The molecule has 0 spiro atoms. The smallest absolute Gasteiger partial charge is 0.0794 e. The molecule has 0 unspecified atom stereocenters. The Labute approximate surface area is 124 Å². The molecule has 20 heavy (non-hydrogen) atoms. The van der Waals surface area contributed by atoms with Crippen molar-refractivity contribution >= 4 is 11.3 Å². The van der Waals surface area contributed by atoms with E-state index in [0.29, 0.717) is 0 Å². The Morgan fingerprint density at radius 2 is 2.00 bits per heavy atom. The Kier molecular flexibility index (Phi) is 4.45. The summed E-state index contributed by atoms with van der Waals surface area (Å²) in [4.78, 5) is 5.44. The molecule has 0 saturated carbocycles. The minimum absolute atomic E-state index is 0.275. The maximum atomic E-state index is 4.13. The van der Waals surface area contributed by atoms with Gasteiger partial charge in [-0.1, -0.05) is 30.3 Å². The lowest BCUT2D eigenvalue weighted by molar-refractivity contribution is 0.293. The minimum atomic E-state index is 0.275. The van der Waals surface area contributed by atoms with E-state index >= 15 is 0 Å². The Morgan fingerprint density at radius 3 is 2.70 bits per heavy atom. The maximum Gasteiger partial charge on any atom is 0.0794 e. The lowest BCUT2D eigenvalue weighted by atomic mass is 9.73. The summed E-state index contributed by atoms with van der Waals surface area (Å²) in [5.41, 5.74) is 3.64. The SMILES string of the molecule is c1ccc(C2(CNCc3cncs3)CCNCC2)cc1. The van der Waals surface area contributed by atoms with Gasteiger partial charge in [-0.2, -0.15) is 0 Å². The molecule has 0 aliphatic carbocycles. The van der Waals surface area contributed by atoms with Crippen LogP contribution in [0.4, 0.5) is 0 Å². The average Bonchev–Trinajstić information content (AvgIpc) is 3.02. The monoisotopic (exact) mass is 287 g/mol. The molecule has 0 amide bonds. The number of rotatable bonds is 5. The third-order valence-electron chi connectivity index (χ3n) is 4.19.